The van der Waals surface area contributed by atoms with E-state index in [0.29, 0.717) is 35.0 Å². The Labute approximate surface area is 209 Å². The third-order valence-corrected chi connectivity index (χ3v) is 6.41. The molecule has 0 aliphatic carbocycles. The summed E-state index contributed by atoms with van der Waals surface area (Å²) in [5, 5.41) is 3.27. The van der Waals surface area contributed by atoms with Crippen LogP contribution in [0, 0.1) is 11.8 Å². The summed E-state index contributed by atoms with van der Waals surface area (Å²) >= 11 is 6.13. The molecule has 0 aromatic heterocycles. The fraction of sp³-hybridized carbons (Fsp3) is 0.385. The molecule has 2 aromatic carbocycles. The molecule has 3 N–H and O–H groups in total. The third-order valence-electron chi connectivity index (χ3n) is 6.17. The number of nitrogen functional groups attached to an aromatic ring is 1. The van der Waals surface area contributed by atoms with Crippen LogP contribution >= 0.6 is 11.6 Å². The molecule has 3 rings (SSSR count). The first-order valence-electron chi connectivity index (χ1n) is 11.6. The highest BCUT2D eigenvalue weighted by Crippen LogP contribution is 2.29. The number of hydrogen-bond donors (Lipinski definition) is 2. The standard InChI is InChI=1S/C26H30ClN3O5/c1-3-16(25(33)29-21-6-4-5-20(28)14-21)13-24(32)30-15-22(31)9-7-17(26(30)34)11-18-12-19(27)8-10-23(18)35-2/h4-6,8,10,12,14,16-17H,3,7,9,11,13,15,28H2,1-2H3,(H,29,33)/t16-,17?/m0/s1. The molecule has 8 nitrogen and oxygen atoms in total. The number of benzene rings is 2. The van der Waals surface area contributed by atoms with Crippen LogP contribution in [0.4, 0.5) is 11.4 Å². The molecule has 9 heteroatoms. The predicted molar refractivity (Wildman–Crippen MR) is 134 cm³/mol. The molecule has 0 spiro atoms. The number of likely N-dealkylation sites (tertiary alicyclic amines) is 1. The van der Waals surface area contributed by atoms with Gasteiger partial charge in [-0.15, -0.1) is 0 Å². The highest BCUT2D eigenvalue weighted by Gasteiger charge is 2.35. The van der Waals surface area contributed by atoms with E-state index in [-0.39, 0.29) is 37.5 Å². The minimum absolute atomic E-state index is 0.184. The van der Waals surface area contributed by atoms with Crippen LogP contribution in [0.3, 0.4) is 0 Å². The number of ether oxygens (including phenoxy) is 1. The summed E-state index contributed by atoms with van der Waals surface area (Å²) in [5.41, 5.74) is 7.52. The van der Waals surface area contributed by atoms with Gasteiger partial charge in [-0.05, 0) is 61.2 Å². The van der Waals surface area contributed by atoms with E-state index in [4.69, 9.17) is 22.1 Å². The number of nitrogens with two attached hydrogens (primary N) is 1. The molecule has 0 bridgehead atoms. The number of hydrogen-bond acceptors (Lipinski definition) is 6. The molecule has 2 aromatic rings. The Morgan fingerprint density at radius 3 is 2.69 bits per heavy atom. The van der Waals surface area contributed by atoms with E-state index in [1.54, 1.807) is 49.4 Å². The van der Waals surface area contributed by atoms with Crippen LogP contribution in [-0.2, 0) is 25.6 Å². The number of ketones is 1. The molecule has 186 valence electrons. The molecule has 1 unspecified atom stereocenters. The number of amides is 3. The lowest BCUT2D eigenvalue weighted by atomic mass is 9.93. The van der Waals surface area contributed by atoms with Gasteiger partial charge in [-0.1, -0.05) is 24.6 Å². The molecule has 1 aliphatic rings. The van der Waals surface area contributed by atoms with Crippen molar-refractivity contribution in [2.75, 3.05) is 24.7 Å². The quantitative estimate of drug-likeness (QED) is 0.532. The number of Topliss-reactive ketones (excluding diaryl/α,β-unsaturated/α-hetero) is 1. The molecule has 0 radical (unpaired) electrons. The molecule has 1 aliphatic heterocycles. The Kier molecular flexibility index (Phi) is 8.87. The number of anilines is 2. The lowest BCUT2D eigenvalue weighted by molar-refractivity contribution is -0.149. The Morgan fingerprint density at radius 1 is 1.23 bits per heavy atom. The lowest BCUT2D eigenvalue weighted by Gasteiger charge is -2.24. The summed E-state index contributed by atoms with van der Waals surface area (Å²) in [4.78, 5) is 52.7. The Morgan fingerprint density at radius 2 is 2.00 bits per heavy atom. The van der Waals surface area contributed by atoms with Gasteiger partial charge in [0.25, 0.3) is 0 Å². The maximum absolute atomic E-state index is 13.4. The van der Waals surface area contributed by atoms with E-state index in [2.05, 4.69) is 5.32 Å². The van der Waals surface area contributed by atoms with Crippen molar-refractivity contribution in [2.24, 2.45) is 11.8 Å². The van der Waals surface area contributed by atoms with Crippen molar-refractivity contribution in [3.63, 3.8) is 0 Å². The van der Waals surface area contributed by atoms with Gasteiger partial charge in [0.2, 0.25) is 17.7 Å². The fourth-order valence-corrected chi connectivity index (χ4v) is 4.38. The number of rotatable bonds is 8. The van der Waals surface area contributed by atoms with Crippen LogP contribution in [-0.4, -0.2) is 42.1 Å². The molecule has 35 heavy (non-hydrogen) atoms. The van der Waals surface area contributed by atoms with Gasteiger partial charge >= 0.3 is 0 Å². The van der Waals surface area contributed by atoms with Crippen LogP contribution in [0.25, 0.3) is 0 Å². The van der Waals surface area contributed by atoms with E-state index < -0.39 is 23.7 Å². The van der Waals surface area contributed by atoms with Gasteiger partial charge < -0.3 is 15.8 Å². The van der Waals surface area contributed by atoms with E-state index in [1.807, 2.05) is 0 Å². The normalized spacial score (nSPS) is 17.0. The van der Waals surface area contributed by atoms with Gasteiger partial charge in [0, 0.05) is 41.1 Å². The van der Waals surface area contributed by atoms with Crippen molar-refractivity contribution in [2.45, 2.75) is 39.0 Å². The zero-order chi connectivity index (χ0) is 25.5. The van der Waals surface area contributed by atoms with Crippen LogP contribution < -0.4 is 15.8 Å². The van der Waals surface area contributed by atoms with Crippen LogP contribution in [0.15, 0.2) is 42.5 Å². The zero-order valence-corrected chi connectivity index (χ0v) is 20.6. The highest BCUT2D eigenvalue weighted by atomic mass is 35.5. The Bertz CT molecular complexity index is 1120. The van der Waals surface area contributed by atoms with E-state index in [1.165, 1.54) is 7.11 Å². The minimum Gasteiger partial charge on any atom is -0.496 e. The third kappa shape index (κ3) is 6.82. The number of halogens is 1. The number of nitrogens with one attached hydrogen (secondary N) is 1. The van der Waals surface area contributed by atoms with Crippen molar-refractivity contribution in [3.05, 3.63) is 53.1 Å². The number of carbonyl (C=O) groups excluding carboxylic acids is 4. The average Bonchev–Trinajstić information content (AvgIpc) is 2.96. The van der Waals surface area contributed by atoms with Crippen molar-refractivity contribution in [3.8, 4) is 5.75 Å². The van der Waals surface area contributed by atoms with Crippen molar-refractivity contribution in [1.29, 1.82) is 0 Å². The van der Waals surface area contributed by atoms with Crippen LogP contribution in [0.2, 0.25) is 5.02 Å². The SMILES string of the molecule is CC[C@@H](CC(=O)N1CC(=O)CCC(Cc2cc(Cl)ccc2OC)C1=O)C(=O)Nc1cccc(N)c1. The number of nitrogens with zero attached hydrogens (tertiary/aromatic N) is 1. The van der Waals surface area contributed by atoms with Crippen molar-refractivity contribution in [1.82, 2.24) is 4.90 Å². The first-order chi connectivity index (χ1) is 16.7. The summed E-state index contributed by atoms with van der Waals surface area (Å²) in [7, 11) is 1.53. The summed E-state index contributed by atoms with van der Waals surface area (Å²) < 4.78 is 5.38. The number of carbonyl (C=O) groups is 4. The summed E-state index contributed by atoms with van der Waals surface area (Å²) in [6.07, 6.45) is 1.00. The fourth-order valence-electron chi connectivity index (χ4n) is 4.19. The smallest absolute Gasteiger partial charge is 0.233 e. The lowest BCUT2D eigenvalue weighted by Crippen LogP contribution is -2.43. The molecule has 1 saturated heterocycles. The zero-order valence-electron chi connectivity index (χ0n) is 19.9. The predicted octanol–water partition coefficient (Wildman–Crippen LogP) is 3.86. The second kappa shape index (κ2) is 11.8. The Balaban J connectivity index is 1.74. The molecule has 0 saturated carbocycles. The molecule has 3 amide bonds. The molecular formula is C26H30ClN3O5. The van der Waals surface area contributed by atoms with Gasteiger partial charge in [0.05, 0.1) is 13.7 Å². The van der Waals surface area contributed by atoms with E-state index in [0.717, 1.165) is 10.5 Å². The summed E-state index contributed by atoms with van der Waals surface area (Å²) in [6.45, 7) is 1.51. The van der Waals surface area contributed by atoms with Gasteiger partial charge in [0.15, 0.2) is 5.78 Å². The van der Waals surface area contributed by atoms with E-state index in [9.17, 15) is 19.2 Å². The second-order valence-corrected chi connectivity index (χ2v) is 9.11. The maximum Gasteiger partial charge on any atom is 0.233 e. The number of methoxy groups -OCH3 is 1. The molecular weight excluding hydrogens is 470 g/mol. The van der Waals surface area contributed by atoms with Gasteiger partial charge in [0.1, 0.15) is 5.75 Å². The summed E-state index contributed by atoms with van der Waals surface area (Å²) in [5.74, 6) is -2.16. The van der Waals surface area contributed by atoms with Gasteiger partial charge in [-0.3, -0.25) is 24.1 Å². The van der Waals surface area contributed by atoms with Crippen molar-refractivity contribution < 1.29 is 23.9 Å². The monoisotopic (exact) mass is 499 g/mol. The highest BCUT2D eigenvalue weighted by molar-refractivity contribution is 6.30. The second-order valence-electron chi connectivity index (χ2n) is 8.68. The van der Waals surface area contributed by atoms with Gasteiger partial charge in [-0.25, -0.2) is 0 Å². The Hall–Kier alpha value is -3.39. The largest absolute Gasteiger partial charge is 0.496 e. The first kappa shape index (κ1) is 26.2. The van der Waals surface area contributed by atoms with Crippen LogP contribution in [0.5, 0.6) is 5.75 Å². The van der Waals surface area contributed by atoms with E-state index >= 15 is 0 Å². The molecule has 1 fully saturated rings. The average molecular weight is 500 g/mol. The number of imide groups is 1. The molecule has 2 atom stereocenters. The van der Waals surface area contributed by atoms with Gasteiger partial charge in [-0.2, -0.15) is 0 Å². The topological polar surface area (TPSA) is 119 Å². The molecule has 1 heterocycles. The van der Waals surface area contributed by atoms with Crippen LogP contribution in [0.1, 0.15) is 38.2 Å². The minimum atomic E-state index is -0.665. The maximum atomic E-state index is 13.4. The summed E-state index contributed by atoms with van der Waals surface area (Å²) in [6, 6.07) is 11.9. The first-order valence-corrected chi connectivity index (χ1v) is 11.9. The van der Waals surface area contributed by atoms with Crippen molar-refractivity contribution >= 4 is 46.5 Å².